The monoisotopic (exact) mass is 521 g/mol. The van der Waals surface area contributed by atoms with E-state index >= 15 is 0 Å². The number of hydrogen-bond acceptors (Lipinski definition) is 6. The molecule has 0 radical (unpaired) electrons. The Kier molecular flexibility index (Phi) is 7.28. The van der Waals surface area contributed by atoms with Crippen molar-refractivity contribution >= 4 is 80.5 Å². The molecule has 2 amide bonds. The first-order valence-corrected chi connectivity index (χ1v) is 12.4. The molecule has 0 bridgehead atoms. The molecule has 2 aliphatic heterocycles. The molecule has 2 aromatic rings. The fourth-order valence-corrected chi connectivity index (χ4v) is 5.99. The first-order chi connectivity index (χ1) is 15.8. The van der Waals surface area contributed by atoms with Gasteiger partial charge in [0.15, 0.2) is 5.78 Å². The van der Waals surface area contributed by atoms with E-state index in [2.05, 4.69) is 9.80 Å². The molecule has 0 N–H and O–H groups in total. The fourth-order valence-electron chi connectivity index (χ4n) is 3.88. The molecule has 0 aliphatic carbocycles. The highest BCUT2D eigenvalue weighted by atomic mass is 35.5. The predicted molar refractivity (Wildman–Crippen MR) is 138 cm³/mol. The highest BCUT2D eigenvalue weighted by Gasteiger charge is 2.42. The number of imide groups is 1. The summed E-state index contributed by atoms with van der Waals surface area (Å²) < 4.78 is 0.597. The normalized spacial score (nSPS) is 18.8. The summed E-state index contributed by atoms with van der Waals surface area (Å²) in [4.78, 5) is 42.5. The molecule has 172 valence electrons. The molecule has 4 rings (SSSR count). The molecule has 0 unspecified atom stereocenters. The molecule has 2 aromatic carbocycles. The molecular weight excluding hydrogens is 501 g/mol. The Hall–Kier alpha value is -2.13. The summed E-state index contributed by atoms with van der Waals surface area (Å²) in [5.74, 6) is -0.648. The molecule has 2 fully saturated rings. The number of Topliss-reactive ketones (excluding diaryl/α,β-unsaturated/α-hetero) is 1. The van der Waals surface area contributed by atoms with E-state index in [1.807, 2.05) is 24.3 Å². The molecule has 2 heterocycles. The van der Waals surface area contributed by atoms with Crippen molar-refractivity contribution in [2.24, 2.45) is 0 Å². The molecule has 2 aliphatic rings. The molecule has 0 saturated carbocycles. The van der Waals surface area contributed by atoms with Gasteiger partial charge in [-0.1, -0.05) is 53.2 Å². The average molecular weight is 522 g/mol. The van der Waals surface area contributed by atoms with E-state index in [4.69, 9.17) is 35.4 Å². The lowest BCUT2D eigenvalue weighted by molar-refractivity contribution is -0.121. The predicted octanol–water partition coefficient (Wildman–Crippen LogP) is 4.67. The minimum absolute atomic E-state index is 0.0454. The van der Waals surface area contributed by atoms with Crippen LogP contribution in [-0.2, 0) is 9.59 Å². The average Bonchev–Trinajstić information content (AvgIpc) is 3.07. The summed E-state index contributed by atoms with van der Waals surface area (Å²) >= 11 is 19.3. The van der Waals surface area contributed by atoms with E-state index in [0.29, 0.717) is 23.0 Å². The number of thioether (sulfide) groups is 1. The first kappa shape index (κ1) is 24.0. The van der Waals surface area contributed by atoms with Gasteiger partial charge in [0.05, 0.1) is 15.7 Å². The number of anilines is 2. The number of carbonyl (C=O) groups excluding carboxylic acids is 3. The number of hydrogen-bond donors (Lipinski definition) is 0. The van der Waals surface area contributed by atoms with Crippen molar-refractivity contribution in [1.29, 1.82) is 0 Å². The number of ketones is 1. The lowest BCUT2D eigenvalue weighted by atomic mass is 10.1. The summed E-state index contributed by atoms with van der Waals surface area (Å²) in [5.41, 5.74) is 1.98. The van der Waals surface area contributed by atoms with Crippen LogP contribution in [0.15, 0.2) is 42.5 Å². The maximum atomic E-state index is 13.0. The Bertz CT molecular complexity index is 1100. The van der Waals surface area contributed by atoms with Crippen LogP contribution in [-0.4, -0.2) is 58.2 Å². The van der Waals surface area contributed by atoms with Gasteiger partial charge in [-0.25, -0.2) is 4.90 Å². The van der Waals surface area contributed by atoms with Crippen molar-refractivity contribution in [3.8, 4) is 0 Å². The number of benzene rings is 2. The topological polar surface area (TPSA) is 60.9 Å². The van der Waals surface area contributed by atoms with Gasteiger partial charge >= 0.3 is 0 Å². The van der Waals surface area contributed by atoms with Crippen LogP contribution in [0.3, 0.4) is 0 Å². The van der Waals surface area contributed by atoms with Crippen molar-refractivity contribution in [1.82, 2.24) is 4.90 Å². The first-order valence-electron chi connectivity index (χ1n) is 10.4. The van der Waals surface area contributed by atoms with Gasteiger partial charge in [0, 0.05) is 43.9 Å². The summed E-state index contributed by atoms with van der Waals surface area (Å²) in [7, 11) is 0. The maximum absolute atomic E-state index is 13.0. The highest BCUT2D eigenvalue weighted by molar-refractivity contribution is 8.23. The zero-order valence-electron chi connectivity index (χ0n) is 17.8. The minimum Gasteiger partial charge on any atom is -0.368 e. The van der Waals surface area contributed by atoms with E-state index in [-0.39, 0.29) is 39.8 Å². The van der Waals surface area contributed by atoms with Crippen molar-refractivity contribution in [3.05, 3.63) is 58.1 Å². The molecule has 10 heteroatoms. The third-order valence-corrected chi connectivity index (χ3v) is 7.96. The second-order valence-electron chi connectivity index (χ2n) is 7.79. The van der Waals surface area contributed by atoms with E-state index in [1.165, 1.54) is 11.8 Å². The van der Waals surface area contributed by atoms with Gasteiger partial charge in [-0.05, 0) is 43.3 Å². The molecular formula is C23H21Cl2N3O3S2. The van der Waals surface area contributed by atoms with Crippen molar-refractivity contribution < 1.29 is 14.4 Å². The van der Waals surface area contributed by atoms with Gasteiger partial charge < -0.3 is 9.80 Å². The molecule has 2 saturated heterocycles. The molecule has 1 atom stereocenters. The standard InChI is InChI=1S/C23H21Cl2N3O3S2/c1-14(29)15-5-7-16(8-6-15)26-9-11-27(12-10-26)23(32)33-19-13-20(30)28(22(19)31)21-17(24)3-2-4-18(21)25/h2-8,19H,9-13H2,1H3/t19-/m0/s1. The van der Waals surface area contributed by atoms with E-state index in [9.17, 15) is 14.4 Å². The zero-order chi connectivity index (χ0) is 23.7. The number of carbonyl (C=O) groups is 3. The number of thiocarbonyl (C=S) groups is 1. The number of nitrogens with zero attached hydrogens (tertiary/aromatic N) is 3. The Morgan fingerprint density at radius 3 is 2.18 bits per heavy atom. The number of para-hydroxylation sites is 1. The Morgan fingerprint density at radius 2 is 1.61 bits per heavy atom. The van der Waals surface area contributed by atoms with Gasteiger partial charge in [0.25, 0.3) is 0 Å². The van der Waals surface area contributed by atoms with Crippen molar-refractivity contribution in [2.45, 2.75) is 18.6 Å². The maximum Gasteiger partial charge on any atom is 0.247 e. The van der Waals surface area contributed by atoms with E-state index in [0.717, 1.165) is 23.7 Å². The van der Waals surface area contributed by atoms with Crippen molar-refractivity contribution in [2.75, 3.05) is 36.0 Å². The fraction of sp³-hybridized carbons (Fsp3) is 0.304. The number of amides is 2. The van der Waals surface area contributed by atoms with Gasteiger partial charge in [-0.3, -0.25) is 14.4 Å². The largest absolute Gasteiger partial charge is 0.368 e. The SMILES string of the molecule is CC(=O)c1ccc(N2CCN(C(=S)S[C@H]3CC(=O)N(c4c(Cl)cccc4Cl)C3=O)CC2)cc1. The summed E-state index contributed by atoms with van der Waals surface area (Å²) in [6.07, 6.45) is 0.0493. The molecule has 6 nitrogen and oxygen atoms in total. The Morgan fingerprint density at radius 1 is 1.00 bits per heavy atom. The minimum atomic E-state index is -0.602. The lowest BCUT2D eigenvalue weighted by Crippen LogP contribution is -2.48. The lowest BCUT2D eigenvalue weighted by Gasteiger charge is -2.37. The molecule has 0 aromatic heterocycles. The number of halogens is 2. The third-order valence-electron chi connectivity index (χ3n) is 5.69. The van der Waals surface area contributed by atoms with E-state index < -0.39 is 5.25 Å². The zero-order valence-corrected chi connectivity index (χ0v) is 20.9. The van der Waals surface area contributed by atoms with E-state index in [1.54, 1.807) is 25.1 Å². The third kappa shape index (κ3) is 5.04. The summed E-state index contributed by atoms with van der Waals surface area (Å²) in [5, 5.41) is -0.0933. The van der Waals surface area contributed by atoms with Gasteiger partial charge in [0.2, 0.25) is 11.8 Å². The van der Waals surface area contributed by atoms with Crippen LogP contribution in [0.4, 0.5) is 11.4 Å². The smallest absolute Gasteiger partial charge is 0.247 e. The van der Waals surface area contributed by atoms with Gasteiger partial charge in [-0.2, -0.15) is 0 Å². The summed E-state index contributed by atoms with van der Waals surface area (Å²) in [6.45, 7) is 4.49. The van der Waals surface area contributed by atoms with Crippen LogP contribution < -0.4 is 9.80 Å². The van der Waals surface area contributed by atoms with Gasteiger partial charge in [0.1, 0.15) is 9.57 Å². The second-order valence-corrected chi connectivity index (χ2v) is 10.4. The van der Waals surface area contributed by atoms with Crippen LogP contribution in [0.2, 0.25) is 10.0 Å². The number of piperazine rings is 1. The second kappa shape index (κ2) is 10.0. The van der Waals surface area contributed by atoms with Crippen LogP contribution >= 0.6 is 47.2 Å². The summed E-state index contributed by atoms with van der Waals surface area (Å²) in [6, 6.07) is 12.4. The highest BCUT2D eigenvalue weighted by Crippen LogP contribution is 2.39. The number of rotatable bonds is 4. The van der Waals surface area contributed by atoms with Crippen LogP contribution in [0.25, 0.3) is 0 Å². The Labute approximate surface area is 211 Å². The van der Waals surface area contributed by atoms with Crippen molar-refractivity contribution in [3.63, 3.8) is 0 Å². The quantitative estimate of drug-likeness (QED) is 0.329. The van der Waals surface area contributed by atoms with Crippen LogP contribution in [0, 0.1) is 0 Å². The van der Waals surface area contributed by atoms with Gasteiger partial charge in [-0.15, -0.1) is 0 Å². The molecule has 0 spiro atoms. The van der Waals surface area contributed by atoms with Crippen LogP contribution in [0.1, 0.15) is 23.7 Å². The van der Waals surface area contributed by atoms with Crippen LogP contribution in [0.5, 0.6) is 0 Å². The Balaban J connectivity index is 1.36. The molecule has 33 heavy (non-hydrogen) atoms.